The minimum atomic E-state index is -0.941. The van der Waals surface area contributed by atoms with Crippen LogP contribution in [0.2, 0.25) is 0 Å². The van der Waals surface area contributed by atoms with Gasteiger partial charge in [-0.25, -0.2) is 19.6 Å². The van der Waals surface area contributed by atoms with Crippen molar-refractivity contribution in [3.05, 3.63) is 133 Å². The van der Waals surface area contributed by atoms with Crippen LogP contribution in [0.3, 0.4) is 0 Å². The molecule has 15 nitrogen and oxygen atoms in total. The van der Waals surface area contributed by atoms with Crippen molar-refractivity contribution in [3.63, 3.8) is 0 Å². The second kappa shape index (κ2) is 19.1. The van der Waals surface area contributed by atoms with E-state index in [2.05, 4.69) is 85.7 Å². The highest BCUT2D eigenvalue weighted by Crippen LogP contribution is 2.39. The molecule has 0 saturated carbocycles. The van der Waals surface area contributed by atoms with Gasteiger partial charge in [-0.15, -0.1) is 0 Å². The van der Waals surface area contributed by atoms with E-state index < -0.39 is 30.3 Å². The standard InChI is InChI=1S/C50H53N9O6/c1-29(2)42(56-49(62)64-5)47(60)58-21-20-30(3)44(58)46-53-26-39(55-46)33-14-12-32(13-15-33)35-16-17-37-24-38(19-18-36(37)23-35)40-27-52-45(54-40)41-22-31(25-51-4)28-59(41)48(61)43(57-50(63)65-6)34-10-8-7-9-11-34/h7-19,23-27,29,31,41-44H,3,20-22,28H2,1-2,4-6H3,(H,52,54)(H,53,55)(H,56,62)(H,57,63)/b51-25-/t31-,41+,42+,43-,44+/m1/s1. The van der Waals surface area contributed by atoms with Crippen LogP contribution in [0.15, 0.2) is 121 Å². The van der Waals surface area contributed by atoms with Crippen LogP contribution in [-0.4, -0.2) is 100 Å². The summed E-state index contributed by atoms with van der Waals surface area (Å²) in [7, 11) is 4.28. The van der Waals surface area contributed by atoms with E-state index in [-0.39, 0.29) is 29.7 Å². The molecule has 4 amide bonds. The first-order valence-corrected chi connectivity index (χ1v) is 21.7. The van der Waals surface area contributed by atoms with Crippen molar-refractivity contribution in [1.82, 2.24) is 40.4 Å². The summed E-state index contributed by atoms with van der Waals surface area (Å²) < 4.78 is 9.65. The fourth-order valence-electron chi connectivity index (χ4n) is 8.88. The fourth-order valence-corrected chi connectivity index (χ4v) is 8.88. The summed E-state index contributed by atoms with van der Waals surface area (Å²) in [6.45, 7) is 8.91. The van der Waals surface area contributed by atoms with Gasteiger partial charge in [0.2, 0.25) is 5.91 Å². The number of amides is 4. The van der Waals surface area contributed by atoms with E-state index in [1.165, 1.54) is 14.2 Å². The maximum atomic E-state index is 14.3. The van der Waals surface area contributed by atoms with Crippen LogP contribution in [0.5, 0.6) is 0 Å². The van der Waals surface area contributed by atoms with Crippen molar-refractivity contribution in [3.8, 4) is 33.6 Å². The van der Waals surface area contributed by atoms with Crippen LogP contribution in [0, 0.1) is 11.8 Å². The molecule has 0 aliphatic carbocycles. The third kappa shape index (κ3) is 9.26. The monoisotopic (exact) mass is 875 g/mol. The van der Waals surface area contributed by atoms with Crippen molar-refractivity contribution >= 4 is 41.0 Å². The van der Waals surface area contributed by atoms with E-state index in [1.807, 2.05) is 62.5 Å². The number of imidazole rings is 2. The molecule has 6 aromatic rings. The van der Waals surface area contributed by atoms with Crippen LogP contribution < -0.4 is 10.6 Å². The number of likely N-dealkylation sites (tertiary alicyclic amines) is 2. The molecule has 5 atom stereocenters. The van der Waals surface area contributed by atoms with E-state index in [9.17, 15) is 19.2 Å². The predicted molar refractivity (Wildman–Crippen MR) is 249 cm³/mol. The van der Waals surface area contributed by atoms with E-state index in [0.29, 0.717) is 43.1 Å². The summed E-state index contributed by atoms with van der Waals surface area (Å²) in [5.41, 5.74) is 7.17. The number of aliphatic imine (C=N–C) groups is 1. The minimum absolute atomic E-state index is 0.0109. The number of rotatable bonds is 12. The molecule has 15 heteroatoms. The number of aromatic nitrogens is 4. The molecule has 4 aromatic carbocycles. The van der Waals surface area contributed by atoms with Crippen molar-refractivity contribution in [2.45, 2.75) is 50.9 Å². The zero-order chi connectivity index (χ0) is 45.8. The lowest BCUT2D eigenvalue weighted by atomic mass is 9.98. The Hall–Kier alpha value is -7.55. The molecule has 2 aromatic heterocycles. The third-order valence-corrected chi connectivity index (χ3v) is 12.3. The summed E-state index contributed by atoms with van der Waals surface area (Å²) in [6, 6.07) is 27.5. The molecule has 4 heterocycles. The lowest BCUT2D eigenvalue weighted by Gasteiger charge is -2.30. The number of nitrogens with zero attached hydrogens (tertiary/aromatic N) is 5. The number of hydrogen-bond donors (Lipinski definition) is 4. The highest BCUT2D eigenvalue weighted by atomic mass is 16.5. The molecule has 0 bridgehead atoms. The highest BCUT2D eigenvalue weighted by molar-refractivity contribution is 5.91. The molecule has 2 fully saturated rings. The zero-order valence-electron chi connectivity index (χ0n) is 37.1. The topological polar surface area (TPSA) is 187 Å². The second-order valence-electron chi connectivity index (χ2n) is 16.8. The number of nitrogens with one attached hydrogen (secondary N) is 4. The number of hydrogen-bond acceptors (Lipinski definition) is 9. The van der Waals surface area contributed by atoms with E-state index in [4.69, 9.17) is 14.5 Å². The number of aromatic amines is 2. The Bertz CT molecular complexity index is 2740. The van der Waals surface area contributed by atoms with Crippen molar-refractivity contribution in [2.24, 2.45) is 16.8 Å². The van der Waals surface area contributed by atoms with Gasteiger partial charge < -0.3 is 44.9 Å². The third-order valence-electron chi connectivity index (χ3n) is 12.3. The van der Waals surface area contributed by atoms with Gasteiger partial charge in [-0.05, 0) is 69.5 Å². The van der Waals surface area contributed by atoms with Gasteiger partial charge in [0, 0.05) is 37.8 Å². The largest absolute Gasteiger partial charge is 0.453 e. The Morgan fingerprint density at radius 1 is 0.769 bits per heavy atom. The van der Waals surface area contributed by atoms with Crippen molar-refractivity contribution in [2.75, 3.05) is 34.4 Å². The lowest BCUT2D eigenvalue weighted by molar-refractivity contribution is -0.135. The maximum Gasteiger partial charge on any atom is 0.407 e. The number of ether oxygens (including phenoxy) is 2. The first-order chi connectivity index (χ1) is 31.5. The summed E-state index contributed by atoms with van der Waals surface area (Å²) in [5.74, 6) is 0.667. The number of benzene rings is 4. The quantitative estimate of drug-likeness (QED) is 0.0700. The van der Waals surface area contributed by atoms with E-state index in [1.54, 1.807) is 29.2 Å². The van der Waals surface area contributed by atoms with E-state index in [0.717, 1.165) is 50.0 Å². The maximum absolute atomic E-state index is 14.3. The molecule has 0 unspecified atom stereocenters. The molecular weight excluding hydrogens is 823 g/mol. The zero-order valence-corrected chi connectivity index (χ0v) is 37.1. The van der Waals surface area contributed by atoms with Crippen molar-refractivity contribution < 1.29 is 28.7 Å². The minimum Gasteiger partial charge on any atom is -0.453 e. The second-order valence-corrected chi connectivity index (χ2v) is 16.8. The van der Waals surface area contributed by atoms with Gasteiger partial charge in [0.05, 0.1) is 44.0 Å². The smallest absolute Gasteiger partial charge is 0.407 e. The number of fused-ring (bicyclic) bond motifs is 1. The number of H-pyrrole nitrogens is 2. The van der Waals surface area contributed by atoms with Gasteiger partial charge >= 0.3 is 12.2 Å². The molecule has 0 spiro atoms. The number of carbonyl (C=O) groups excluding carboxylic acids is 4. The highest BCUT2D eigenvalue weighted by Gasteiger charge is 2.41. The Labute approximate surface area is 377 Å². The fraction of sp³-hybridized carbons (Fsp3) is 0.300. The summed E-state index contributed by atoms with van der Waals surface area (Å²) in [5, 5.41) is 7.55. The molecule has 65 heavy (non-hydrogen) atoms. The summed E-state index contributed by atoms with van der Waals surface area (Å²) in [4.78, 5) is 76.5. The van der Waals surface area contributed by atoms with Crippen LogP contribution in [0.25, 0.3) is 44.4 Å². The Morgan fingerprint density at radius 3 is 2.05 bits per heavy atom. The van der Waals surface area contributed by atoms with Crippen LogP contribution >= 0.6 is 0 Å². The molecule has 0 radical (unpaired) electrons. The van der Waals surface area contributed by atoms with Gasteiger partial charge in [0.1, 0.15) is 29.8 Å². The first-order valence-electron chi connectivity index (χ1n) is 21.7. The molecule has 334 valence electrons. The Balaban J connectivity index is 0.974. The predicted octanol–water partition coefficient (Wildman–Crippen LogP) is 8.18. The van der Waals surface area contributed by atoms with Crippen LogP contribution in [0.1, 0.15) is 62.0 Å². The van der Waals surface area contributed by atoms with Gasteiger partial charge in [-0.3, -0.25) is 9.59 Å². The summed E-state index contributed by atoms with van der Waals surface area (Å²) in [6.07, 6.45) is 5.35. The first kappa shape index (κ1) is 44.1. The molecular formula is C50H53N9O6. The normalized spacial score (nSPS) is 18.3. The van der Waals surface area contributed by atoms with Crippen LogP contribution in [-0.2, 0) is 19.1 Å². The number of carbonyl (C=O) groups is 4. The molecule has 2 saturated heterocycles. The molecule has 8 rings (SSSR count). The van der Waals surface area contributed by atoms with Crippen LogP contribution in [0.4, 0.5) is 9.59 Å². The molecule has 2 aliphatic rings. The number of alkyl carbamates (subject to hydrolysis) is 2. The molecule has 2 aliphatic heterocycles. The van der Waals surface area contributed by atoms with Gasteiger partial charge in [-0.1, -0.05) is 99.3 Å². The average molecular weight is 876 g/mol. The Morgan fingerprint density at radius 2 is 1.37 bits per heavy atom. The van der Waals surface area contributed by atoms with Gasteiger partial charge in [0.25, 0.3) is 5.91 Å². The Kier molecular flexibility index (Phi) is 12.9. The molecule has 4 N–H and O–H groups in total. The SMILES string of the molecule is C=C1CCN(C(=O)[C@@H](NC(=O)OC)C(C)C)[C@@H]1c1ncc(-c2ccc(-c3ccc4cc(-c5cnc([C@@H]6C[C@H](/C=N\C)CN6C(=O)[C@H](NC(=O)OC)c6ccccc6)[nH]5)ccc4c3)cc2)[nH]1. The lowest BCUT2D eigenvalue weighted by Crippen LogP contribution is -2.51. The van der Waals surface area contributed by atoms with Gasteiger partial charge in [-0.2, -0.15) is 0 Å². The van der Waals surface area contributed by atoms with Crippen molar-refractivity contribution in [1.29, 1.82) is 0 Å². The number of methoxy groups -OCH3 is 2. The average Bonchev–Trinajstić information content (AvgIpc) is 4.16. The van der Waals surface area contributed by atoms with Gasteiger partial charge in [0.15, 0.2) is 0 Å². The summed E-state index contributed by atoms with van der Waals surface area (Å²) >= 11 is 0. The van der Waals surface area contributed by atoms with E-state index >= 15 is 0 Å².